The van der Waals surface area contributed by atoms with Gasteiger partial charge in [0.05, 0.1) is 13.1 Å². The van der Waals surface area contributed by atoms with Gasteiger partial charge in [0.25, 0.3) is 0 Å². The summed E-state index contributed by atoms with van der Waals surface area (Å²) in [5.74, 6) is -0.953. The van der Waals surface area contributed by atoms with Crippen LogP contribution in [0.1, 0.15) is 0 Å². The molecule has 0 unspecified atom stereocenters. The first-order chi connectivity index (χ1) is 13.5. The van der Waals surface area contributed by atoms with Crippen molar-refractivity contribution in [2.75, 3.05) is 0 Å². The first kappa shape index (κ1) is 18.3. The molecule has 8 nitrogen and oxygen atoms in total. The Labute approximate surface area is 167 Å². The number of nitrogens with zero attached hydrogens (tertiary/aromatic N) is 4. The fourth-order valence-electron chi connectivity index (χ4n) is 2.50. The average molecular weight is 419 g/mol. The van der Waals surface area contributed by atoms with Crippen molar-refractivity contribution >= 4 is 23.2 Å². The monoisotopic (exact) mass is 418 g/mol. The van der Waals surface area contributed by atoms with Crippen LogP contribution >= 0.6 is 23.2 Å². The molecule has 28 heavy (non-hydrogen) atoms. The molecule has 4 aromatic rings. The summed E-state index contributed by atoms with van der Waals surface area (Å²) in [6.45, 7) is 0.171. The maximum Gasteiger partial charge on any atom is 0.437 e. The van der Waals surface area contributed by atoms with Gasteiger partial charge in [0.2, 0.25) is 11.8 Å². The van der Waals surface area contributed by atoms with Gasteiger partial charge in [0.15, 0.2) is 0 Å². The first-order valence-electron chi connectivity index (χ1n) is 8.17. The maximum absolute atomic E-state index is 12.0. The molecule has 0 saturated heterocycles. The second-order valence-electron chi connectivity index (χ2n) is 5.81. The van der Waals surface area contributed by atoms with Crippen LogP contribution in [0.5, 0.6) is 0 Å². The SMILES string of the molecule is O=c1oc(-c2ccc(Cl)cc2)nn1CCn1nc(-c2ccc(Cl)cc2)oc1=O. The second-order valence-corrected chi connectivity index (χ2v) is 6.68. The van der Waals surface area contributed by atoms with Gasteiger partial charge in [-0.25, -0.2) is 9.59 Å². The number of benzene rings is 2. The second kappa shape index (κ2) is 7.49. The fraction of sp³-hybridized carbons (Fsp3) is 0.111. The molecule has 0 aliphatic heterocycles. The molecular formula is C18H12Cl2N4O4. The van der Waals surface area contributed by atoms with E-state index in [1.54, 1.807) is 48.5 Å². The van der Waals surface area contributed by atoms with Crippen LogP contribution in [-0.4, -0.2) is 19.6 Å². The van der Waals surface area contributed by atoms with Gasteiger partial charge >= 0.3 is 11.5 Å². The minimum absolute atomic E-state index is 0.0857. The Morgan fingerprint density at radius 1 is 0.679 bits per heavy atom. The number of aryl methyl sites for hydroxylation is 2. The number of hydrogen-bond acceptors (Lipinski definition) is 6. The predicted octanol–water partition coefficient (Wildman–Crippen LogP) is 3.33. The van der Waals surface area contributed by atoms with E-state index in [9.17, 15) is 9.59 Å². The van der Waals surface area contributed by atoms with Gasteiger partial charge < -0.3 is 8.83 Å². The Morgan fingerprint density at radius 3 is 1.39 bits per heavy atom. The summed E-state index contributed by atoms with van der Waals surface area (Å²) in [4.78, 5) is 24.0. The van der Waals surface area contributed by atoms with Gasteiger partial charge in [-0.05, 0) is 48.5 Å². The van der Waals surface area contributed by atoms with E-state index in [1.807, 2.05) is 0 Å². The van der Waals surface area contributed by atoms with Gasteiger partial charge in [0.1, 0.15) is 0 Å². The Balaban J connectivity index is 1.52. The summed E-state index contributed by atoms with van der Waals surface area (Å²) in [6.07, 6.45) is 0. The van der Waals surface area contributed by atoms with E-state index in [-0.39, 0.29) is 24.9 Å². The number of halogens is 2. The van der Waals surface area contributed by atoms with Crippen molar-refractivity contribution in [3.05, 3.63) is 79.7 Å². The molecule has 2 aromatic heterocycles. The molecule has 0 amide bonds. The van der Waals surface area contributed by atoms with Gasteiger partial charge in [-0.1, -0.05) is 23.2 Å². The molecule has 0 spiro atoms. The zero-order chi connectivity index (χ0) is 19.7. The van der Waals surface area contributed by atoms with E-state index in [4.69, 9.17) is 32.0 Å². The van der Waals surface area contributed by atoms with E-state index >= 15 is 0 Å². The van der Waals surface area contributed by atoms with Crippen LogP contribution in [0, 0.1) is 0 Å². The third kappa shape index (κ3) is 3.78. The van der Waals surface area contributed by atoms with Crippen LogP contribution in [0.3, 0.4) is 0 Å². The zero-order valence-corrected chi connectivity index (χ0v) is 15.7. The van der Waals surface area contributed by atoms with Crippen molar-refractivity contribution in [2.45, 2.75) is 13.1 Å². The van der Waals surface area contributed by atoms with Crippen LogP contribution in [0.2, 0.25) is 10.0 Å². The van der Waals surface area contributed by atoms with E-state index in [0.717, 1.165) is 9.36 Å². The molecule has 0 atom stereocenters. The fourth-order valence-corrected chi connectivity index (χ4v) is 2.75. The molecular weight excluding hydrogens is 407 g/mol. The highest BCUT2D eigenvalue weighted by molar-refractivity contribution is 6.30. The summed E-state index contributed by atoms with van der Waals surface area (Å²) in [7, 11) is 0. The Bertz CT molecular complexity index is 1120. The molecule has 2 heterocycles. The molecule has 2 aromatic carbocycles. The zero-order valence-electron chi connectivity index (χ0n) is 14.2. The summed E-state index contributed by atoms with van der Waals surface area (Å²) >= 11 is 11.7. The Morgan fingerprint density at radius 2 is 1.04 bits per heavy atom. The van der Waals surface area contributed by atoms with Crippen molar-refractivity contribution in [1.82, 2.24) is 19.6 Å². The lowest BCUT2D eigenvalue weighted by molar-refractivity contribution is 0.423. The lowest BCUT2D eigenvalue weighted by atomic mass is 10.2. The number of hydrogen-bond donors (Lipinski definition) is 0. The van der Waals surface area contributed by atoms with Crippen molar-refractivity contribution < 1.29 is 8.83 Å². The minimum Gasteiger partial charge on any atom is -0.388 e. The average Bonchev–Trinajstić information content (AvgIpc) is 3.24. The van der Waals surface area contributed by atoms with E-state index in [0.29, 0.717) is 21.2 Å². The summed E-state index contributed by atoms with van der Waals surface area (Å²) in [6, 6.07) is 13.5. The quantitative estimate of drug-likeness (QED) is 0.493. The van der Waals surface area contributed by atoms with E-state index in [2.05, 4.69) is 10.2 Å². The first-order valence-corrected chi connectivity index (χ1v) is 8.93. The molecule has 0 N–H and O–H groups in total. The minimum atomic E-state index is -0.639. The lowest BCUT2D eigenvalue weighted by Gasteiger charge is -1.98. The Hall–Kier alpha value is -3.10. The number of aromatic nitrogens is 4. The predicted molar refractivity (Wildman–Crippen MR) is 102 cm³/mol. The smallest absolute Gasteiger partial charge is 0.388 e. The van der Waals surface area contributed by atoms with E-state index in [1.165, 1.54) is 0 Å². The van der Waals surface area contributed by atoms with Gasteiger partial charge in [-0.15, -0.1) is 10.2 Å². The highest BCUT2D eigenvalue weighted by atomic mass is 35.5. The van der Waals surface area contributed by atoms with E-state index < -0.39 is 11.5 Å². The van der Waals surface area contributed by atoms with Crippen molar-refractivity contribution in [1.29, 1.82) is 0 Å². The molecule has 0 bridgehead atoms. The molecule has 0 saturated carbocycles. The van der Waals surface area contributed by atoms with Crippen molar-refractivity contribution in [3.63, 3.8) is 0 Å². The van der Waals surface area contributed by atoms with Crippen LogP contribution in [-0.2, 0) is 13.1 Å². The van der Waals surface area contributed by atoms with Crippen molar-refractivity contribution in [3.8, 4) is 22.9 Å². The highest BCUT2D eigenvalue weighted by Crippen LogP contribution is 2.19. The highest BCUT2D eigenvalue weighted by Gasteiger charge is 2.13. The molecule has 0 aliphatic carbocycles. The van der Waals surface area contributed by atoms with Gasteiger partial charge in [0, 0.05) is 21.2 Å². The van der Waals surface area contributed by atoms with Crippen LogP contribution in [0.15, 0.2) is 67.0 Å². The molecule has 0 fully saturated rings. The van der Waals surface area contributed by atoms with Crippen LogP contribution in [0.4, 0.5) is 0 Å². The summed E-state index contributed by atoms with van der Waals surface area (Å²) < 4.78 is 12.5. The summed E-state index contributed by atoms with van der Waals surface area (Å²) in [5, 5.41) is 9.40. The van der Waals surface area contributed by atoms with Gasteiger partial charge in [-0.3, -0.25) is 0 Å². The topological polar surface area (TPSA) is 96.1 Å². The molecule has 10 heteroatoms. The normalized spacial score (nSPS) is 11.1. The molecule has 142 valence electrons. The van der Waals surface area contributed by atoms with Crippen molar-refractivity contribution in [2.24, 2.45) is 0 Å². The maximum atomic E-state index is 12.0. The molecule has 0 aliphatic rings. The standard InChI is InChI=1S/C18H12Cl2N4O4/c19-13-5-1-11(2-6-13)15-21-23(17(25)27-15)9-10-24-18(26)28-16(22-24)12-3-7-14(20)8-4-12/h1-8H,9-10H2. The Kier molecular flexibility index (Phi) is 4.89. The largest absolute Gasteiger partial charge is 0.437 e. The van der Waals surface area contributed by atoms with Gasteiger partial charge in [-0.2, -0.15) is 9.36 Å². The molecule has 4 rings (SSSR count). The van der Waals surface area contributed by atoms with Crippen LogP contribution < -0.4 is 11.5 Å². The third-order valence-electron chi connectivity index (χ3n) is 3.92. The lowest BCUT2D eigenvalue weighted by Crippen LogP contribution is -2.24. The third-order valence-corrected chi connectivity index (χ3v) is 4.42. The number of rotatable bonds is 5. The summed E-state index contributed by atoms with van der Waals surface area (Å²) in [5.41, 5.74) is 1.23. The van der Waals surface area contributed by atoms with Crippen LogP contribution in [0.25, 0.3) is 22.9 Å². The molecule has 0 radical (unpaired) electrons.